The van der Waals surface area contributed by atoms with Crippen molar-refractivity contribution in [2.45, 2.75) is 37.8 Å². The predicted molar refractivity (Wildman–Crippen MR) is 116 cm³/mol. The van der Waals surface area contributed by atoms with Gasteiger partial charge in [0.05, 0.1) is 19.8 Å². The van der Waals surface area contributed by atoms with Crippen LogP contribution in [-0.4, -0.2) is 65.6 Å². The molecule has 0 N–H and O–H groups in total. The van der Waals surface area contributed by atoms with Gasteiger partial charge < -0.3 is 14.4 Å². The second-order valence-electron chi connectivity index (χ2n) is 9.01. The fourth-order valence-corrected chi connectivity index (χ4v) is 5.87. The van der Waals surface area contributed by atoms with Crippen LogP contribution in [0.25, 0.3) is 0 Å². The van der Waals surface area contributed by atoms with Crippen molar-refractivity contribution in [3.05, 3.63) is 47.8 Å². The molecule has 7 heteroatoms. The molecule has 1 aromatic heterocycles. The summed E-state index contributed by atoms with van der Waals surface area (Å²) >= 11 is 0. The van der Waals surface area contributed by atoms with Gasteiger partial charge in [0.15, 0.2) is 0 Å². The van der Waals surface area contributed by atoms with Gasteiger partial charge in [0, 0.05) is 44.1 Å². The highest BCUT2D eigenvalue weighted by molar-refractivity contribution is 5.93. The number of hydrogen-bond donors (Lipinski definition) is 0. The molecule has 0 spiro atoms. The highest BCUT2D eigenvalue weighted by Gasteiger charge is 2.45. The zero-order valence-corrected chi connectivity index (χ0v) is 18.2. The van der Waals surface area contributed by atoms with E-state index >= 15 is 0 Å². The van der Waals surface area contributed by atoms with Gasteiger partial charge in [-0.3, -0.25) is 9.69 Å². The Hall–Kier alpha value is -2.67. The van der Waals surface area contributed by atoms with Gasteiger partial charge in [0.25, 0.3) is 5.91 Å². The molecular weight excluding hydrogens is 392 g/mol. The summed E-state index contributed by atoms with van der Waals surface area (Å²) in [6, 6.07) is 9.87. The molecule has 2 bridgehead atoms. The van der Waals surface area contributed by atoms with Crippen LogP contribution in [0.4, 0.5) is 0 Å². The third-order valence-electron chi connectivity index (χ3n) is 7.23. The highest BCUT2D eigenvalue weighted by Crippen LogP contribution is 2.44. The van der Waals surface area contributed by atoms with Gasteiger partial charge in [0.1, 0.15) is 5.75 Å². The van der Waals surface area contributed by atoms with E-state index in [2.05, 4.69) is 39.1 Å². The number of aromatic nitrogens is 2. The van der Waals surface area contributed by atoms with Gasteiger partial charge in [-0.1, -0.05) is 12.1 Å². The van der Waals surface area contributed by atoms with Gasteiger partial charge in [-0.25, -0.2) is 9.97 Å². The second-order valence-corrected chi connectivity index (χ2v) is 9.01. The highest BCUT2D eigenvalue weighted by atomic mass is 16.5. The van der Waals surface area contributed by atoms with E-state index in [0.717, 1.165) is 25.4 Å². The van der Waals surface area contributed by atoms with Crippen LogP contribution in [-0.2, 0) is 0 Å². The summed E-state index contributed by atoms with van der Waals surface area (Å²) < 4.78 is 10.4. The van der Waals surface area contributed by atoms with E-state index in [4.69, 9.17) is 9.47 Å². The number of carbonyl (C=O) groups excluding carboxylic acids is 1. The lowest BCUT2D eigenvalue weighted by Gasteiger charge is -2.55. The molecule has 164 valence electrons. The topological polar surface area (TPSA) is 67.8 Å². The average Bonchev–Trinajstić information content (AvgIpc) is 2.83. The number of hydrogen-bond acceptors (Lipinski definition) is 6. The minimum atomic E-state index is 0.0355. The lowest BCUT2D eigenvalue weighted by atomic mass is 9.74. The van der Waals surface area contributed by atoms with Crippen molar-refractivity contribution in [1.82, 2.24) is 19.8 Å². The molecule has 3 saturated heterocycles. The smallest absolute Gasteiger partial charge is 0.316 e. The lowest BCUT2D eigenvalue weighted by molar-refractivity contribution is -0.0511. The van der Waals surface area contributed by atoms with Gasteiger partial charge in [-0.2, -0.15) is 0 Å². The van der Waals surface area contributed by atoms with Crippen LogP contribution in [0.3, 0.4) is 0 Å². The van der Waals surface area contributed by atoms with E-state index in [1.807, 2.05) is 4.90 Å². The zero-order chi connectivity index (χ0) is 21.4. The Balaban J connectivity index is 1.32. The van der Waals surface area contributed by atoms with Crippen molar-refractivity contribution in [2.75, 3.05) is 33.9 Å². The first-order chi connectivity index (χ1) is 15.2. The van der Waals surface area contributed by atoms with Gasteiger partial charge in [0.2, 0.25) is 0 Å². The zero-order valence-electron chi connectivity index (χ0n) is 18.2. The van der Waals surface area contributed by atoms with Crippen molar-refractivity contribution >= 4 is 5.91 Å². The monoisotopic (exact) mass is 422 g/mol. The van der Waals surface area contributed by atoms with Crippen LogP contribution in [0.15, 0.2) is 36.7 Å². The second kappa shape index (κ2) is 8.46. The first-order valence-electron chi connectivity index (χ1n) is 11.2. The van der Waals surface area contributed by atoms with E-state index < -0.39 is 0 Å². The van der Waals surface area contributed by atoms with Gasteiger partial charge in [-0.15, -0.1) is 0 Å². The maximum absolute atomic E-state index is 13.1. The molecule has 1 amide bonds. The quantitative estimate of drug-likeness (QED) is 0.754. The number of nitrogens with zero attached hydrogens (tertiary/aromatic N) is 4. The summed E-state index contributed by atoms with van der Waals surface area (Å²) in [5, 5.41) is 0. The molecular formula is C24H30N4O3. The number of methoxy groups -OCH3 is 2. The number of likely N-dealkylation sites (tertiary alicyclic amines) is 1. The molecule has 0 saturated carbocycles. The minimum Gasteiger partial charge on any atom is -0.497 e. The van der Waals surface area contributed by atoms with E-state index in [0.29, 0.717) is 29.5 Å². The molecule has 1 aromatic carbocycles. The number of benzene rings is 1. The van der Waals surface area contributed by atoms with Crippen molar-refractivity contribution in [2.24, 2.45) is 11.8 Å². The van der Waals surface area contributed by atoms with Crippen LogP contribution >= 0.6 is 0 Å². The average molecular weight is 423 g/mol. The first kappa shape index (κ1) is 20.2. The maximum Gasteiger partial charge on any atom is 0.316 e. The number of ether oxygens (including phenoxy) is 2. The summed E-state index contributed by atoms with van der Waals surface area (Å²) in [5.74, 6) is 1.98. The van der Waals surface area contributed by atoms with Gasteiger partial charge >= 0.3 is 6.01 Å². The van der Waals surface area contributed by atoms with E-state index in [1.165, 1.54) is 38.4 Å². The Labute approximate surface area is 183 Å². The molecule has 5 rings (SSSR count). The van der Waals surface area contributed by atoms with E-state index in [9.17, 15) is 4.79 Å². The van der Waals surface area contributed by atoms with Crippen molar-refractivity contribution in [3.8, 4) is 11.8 Å². The molecule has 0 unspecified atom stereocenters. The molecule has 2 aromatic rings. The van der Waals surface area contributed by atoms with Crippen LogP contribution in [0.1, 0.15) is 47.6 Å². The summed E-state index contributed by atoms with van der Waals surface area (Å²) in [4.78, 5) is 26.1. The third-order valence-corrected chi connectivity index (χ3v) is 7.23. The number of carbonyl (C=O) groups is 1. The van der Waals surface area contributed by atoms with Crippen LogP contribution < -0.4 is 9.47 Å². The number of fused-ring (bicyclic) bond motifs is 4. The Morgan fingerprint density at radius 2 is 1.77 bits per heavy atom. The molecule has 0 aliphatic carbocycles. The molecule has 7 nitrogen and oxygen atoms in total. The molecule has 3 aliphatic rings. The van der Waals surface area contributed by atoms with Crippen LogP contribution in [0.2, 0.25) is 0 Å². The van der Waals surface area contributed by atoms with Crippen LogP contribution in [0, 0.1) is 11.8 Å². The van der Waals surface area contributed by atoms with E-state index in [1.54, 1.807) is 19.5 Å². The Morgan fingerprint density at radius 3 is 2.48 bits per heavy atom. The SMILES string of the molecule is COc1ccc([C@H]2CCC[C@H]3[C@@H]4C[C@@H](CN(C(=O)c5cnc(OC)nc5)C4)CN23)cc1. The molecule has 4 heterocycles. The standard InChI is InChI=1S/C24H30N4O3/c1-30-20-8-6-17(7-9-20)21-4-3-5-22-18-10-16(14-28(21)22)13-27(15-18)23(29)19-11-25-24(31-2)26-12-19/h6-9,11-12,16,18,21-22H,3-5,10,13-15H2,1-2H3/t16-,18+,21+,22-/m0/s1. The third kappa shape index (κ3) is 3.87. The molecule has 3 fully saturated rings. The Bertz CT molecular complexity index is 917. The number of piperidine rings is 3. The van der Waals surface area contributed by atoms with Crippen molar-refractivity contribution in [3.63, 3.8) is 0 Å². The number of rotatable bonds is 4. The summed E-state index contributed by atoms with van der Waals surface area (Å²) in [6.07, 6.45) is 8.03. The summed E-state index contributed by atoms with van der Waals surface area (Å²) in [5.41, 5.74) is 1.92. The normalized spacial score (nSPS) is 28.0. The molecule has 31 heavy (non-hydrogen) atoms. The van der Waals surface area contributed by atoms with Crippen molar-refractivity contribution in [1.29, 1.82) is 0 Å². The minimum absolute atomic E-state index is 0.0355. The van der Waals surface area contributed by atoms with Crippen molar-refractivity contribution < 1.29 is 14.3 Å². The number of amides is 1. The largest absolute Gasteiger partial charge is 0.497 e. The lowest BCUT2D eigenvalue weighted by Crippen LogP contribution is -2.60. The first-order valence-corrected chi connectivity index (χ1v) is 11.2. The van der Waals surface area contributed by atoms with Gasteiger partial charge in [-0.05, 0) is 55.2 Å². The van der Waals surface area contributed by atoms with E-state index in [-0.39, 0.29) is 11.9 Å². The fraction of sp³-hybridized carbons (Fsp3) is 0.542. The Morgan fingerprint density at radius 1 is 1.00 bits per heavy atom. The maximum atomic E-state index is 13.1. The van der Waals surface area contributed by atoms with Crippen LogP contribution in [0.5, 0.6) is 11.8 Å². The molecule has 0 radical (unpaired) electrons. The Kier molecular flexibility index (Phi) is 5.52. The molecule has 3 aliphatic heterocycles. The fourth-order valence-electron chi connectivity index (χ4n) is 5.87. The summed E-state index contributed by atoms with van der Waals surface area (Å²) in [7, 11) is 3.24. The predicted octanol–water partition coefficient (Wildman–Crippen LogP) is 3.18. The molecule has 4 atom stereocenters. The summed E-state index contributed by atoms with van der Waals surface area (Å²) in [6.45, 7) is 2.68.